The number of piperidine rings is 2. The van der Waals surface area contributed by atoms with Crippen LogP contribution in [0.4, 0.5) is 18.9 Å². The highest BCUT2D eigenvalue weighted by Crippen LogP contribution is 2.43. The second-order valence-electron chi connectivity index (χ2n) is 13.1. The number of carbonyl (C=O) groups excluding carboxylic acids is 2. The van der Waals surface area contributed by atoms with E-state index in [1.807, 2.05) is 21.9 Å². The molecule has 10 heteroatoms. The van der Waals surface area contributed by atoms with Crippen molar-refractivity contribution in [2.45, 2.75) is 69.5 Å². The average molecular weight is 628 g/mol. The van der Waals surface area contributed by atoms with E-state index in [0.29, 0.717) is 70.2 Å². The number of amides is 1. The Balaban J connectivity index is 1.15. The summed E-state index contributed by atoms with van der Waals surface area (Å²) in [6, 6.07) is 12.8. The Morgan fingerprint density at radius 2 is 1.58 bits per heavy atom. The summed E-state index contributed by atoms with van der Waals surface area (Å²) in [4.78, 5) is 32.8. The molecule has 45 heavy (non-hydrogen) atoms. The number of carbonyl (C=O) groups is 2. The minimum atomic E-state index is -4.44. The third kappa shape index (κ3) is 6.95. The van der Waals surface area contributed by atoms with Gasteiger partial charge in [0.15, 0.2) is 0 Å². The lowest BCUT2D eigenvalue weighted by Gasteiger charge is -2.38. The van der Waals surface area contributed by atoms with Crippen molar-refractivity contribution < 1.29 is 32.2 Å². The molecule has 2 aromatic carbocycles. The van der Waals surface area contributed by atoms with Crippen molar-refractivity contribution in [3.05, 3.63) is 59.2 Å². The van der Waals surface area contributed by atoms with Crippen molar-refractivity contribution >= 4 is 17.6 Å². The van der Waals surface area contributed by atoms with Crippen LogP contribution in [-0.2, 0) is 20.5 Å². The van der Waals surface area contributed by atoms with Gasteiger partial charge in [-0.1, -0.05) is 18.2 Å². The minimum Gasteiger partial charge on any atom is -0.497 e. The first-order valence-electron chi connectivity index (χ1n) is 16.5. The number of benzene rings is 2. The van der Waals surface area contributed by atoms with Crippen LogP contribution in [0, 0.1) is 11.8 Å². The monoisotopic (exact) mass is 627 g/mol. The van der Waals surface area contributed by atoms with E-state index in [1.165, 1.54) is 25.0 Å². The van der Waals surface area contributed by atoms with Crippen molar-refractivity contribution in [3.8, 4) is 5.75 Å². The summed E-state index contributed by atoms with van der Waals surface area (Å²) in [5.74, 6) is 0.600. The third-order valence-electron chi connectivity index (χ3n) is 10.3. The molecule has 3 heterocycles. The second-order valence-corrected chi connectivity index (χ2v) is 13.1. The maximum absolute atomic E-state index is 14.0. The molecule has 4 aliphatic rings. The van der Waals surface area contributed by atoms with E-state index in [4.69, 9.17) is 9.47 Å². The quantitative estimate of drug-likeness (QED) is 0.331. The molecule has 0 radical (unpaired) electrons. The van der Waals surface area contributed by atoms with Gasteiger partial charge in [0.2, 0.25) is 5.91 Å². The first-order chi connectivity index (χ1) is 21.7. The normalized spacial score (nSPS) is 23.8. The highest BCUT2D eigenvalue weighted by atomic mass is 19.4. The number of hydrogen-bond donors (Lipinski definition) is 0. The van der Waals surface area contributed by atoms with Crippen molar-refractivity contribution in [2.75, 3.05) is 57.9 Å². The topological polar surface area (TPSA) is 62.3 Å². The second kappa shape index (κ2) is 13.2. The lowest BCUT2D eigenvalue weighted by atomic mass is 9.84. The van der Waals surface area contributed by atoms with Crippen LogP contribution in [-0.4, -0.2) is 80.7 Å². The molecule has 0 unspecified atom stereocenters. The number of nitrogens with zero attached hydrogens (tertiary/aromatic N) is 3. The fourth-order valence-electron chi connectivity index (χ4n) is 7.61. The van der Waals surface area contributed by atoms with Gasteiger partial charge >= 0.3 is 12.1 Å². The zero-order valence-corrected chi connectivity index (χ0v) is 26.2. The molecule has 1 saturated carbocycles. The van der Waals surface area contributed by atoms with Crippen molar-refractivity contribution in [1.82, 2.24) is 9.80 Å². The van der Waals surface area contributed by atoms with Crippen molar-refractivity contribution in [2.24, 2.45) is 11.8 Å². The molecule has 0 bridgehead atoms. The molecule has 2 aromatic rings. The maximum atomic E-state index is 14.0. The molecule has 244 valence electrons. The molecule has 2 atom stereocenters. The van der Waals surface area contributed by atoms with Crippen molar-refractivity contribution in [3.63, 3.8) is 0 Å². The van der Waals surface area contributed by atoms with Crippen LogP contribution >= 0.6 is 0 Å². The van der Waals surface area contributed by atoms with Gasteiger partial charge in [-0.25, -0.2) is 0 Å². The van der Waals surface area contributed by atoms with Crippen molar-refractivity contribution in [1.29, 1.82) is 0 Å². The van der Waals surface area contributed by atoms with Gasteiger partial charge < -0.3 is 19.3 Å². The number of hydrogen-bond acceptors (Lipinski definition) is 6. The predicted molar refractivity (Wildman–Crippen MR) is 165 cm³/mol. The van der Waals surface area contributed by atoms with E-state index in [2.05, 4.69) is 17.0 Å². The van der Waals surface area contributed by atoms with E-state index in [-0.39, 0.29) is 35.5 Å². The molecule has 4 fully saturated rings. The number of anilines is 1. The smallest absolute Gasteiger partial charge is 0.416 e. The molecule has 0 N–H and O–H groups in total. The first-order valence-corrected chi connectivity index (χ1v) is 16.5. The molecule has 1 amide bonds. The summed E-state index contributed by atoms with van der Waals surface area (Å²) in [5.41, 5.74) is 2.01. The van der Waals surface area contributed by atoms with Crippen LogP contribution in [0.3, 0.4) is 0 Å². The van der Waals surface area contributed by atoms with Crippen LogP contribution in [0.1, 0.15) is 74.0 Å². The largest absolute Gasteiger partial charge is 0.497 e. The summed E-state index contributed by atoms with van der Waals surface area (Å²) in [6.45, 7) is 5.92. The number of rotatable bonds is 8. The summed E-state index contributed by atoms with van der Waals surface area (Å²) in [5, 5.41) is 0. The van der Waals surface area contributed by atoms with Crippen LogP contribution in [0.15, 0.2) is 42.5 Å². The highest BCUT2D eigenvalue weighted by molar-refractivity contribution is 5.81. The van der Waals surface area contributed by atoms with Gasteiger partial charge in [-0.3, -0.25) is 14.5 Å². The molecule has 0 aromatic heterocycles. The third-order valence-corrected chi connectivity index (χ3v) is 10.3. The van der Waals surface area contributed by atoms with Gasteiger partial charge in [-0.2, -0.15) is 13.2 Å². The van der Waals surface area contributed by atoms with E-state index in [0.717, 1.165) is 30.0 Å². The number of alkyl halides is 3. The summed E-state index contributed by atoms with van der Waals surface area (Å²) in [6.07, 6.45) is 0.453. The first kappa shape index (κ1) is 31.7. The number of likely N-dealkylation sites (tertiary alicyclic amines) is 2. The van der Waals surface area contributed by atoms with E-state index in [1.54, 1.807) is 20.1 Å². The number of halogens is 3. The van der Waals surface area contributed by atoms with E-state index < -0.39 is 11.7 Å². The lowest BCUT2D eigenvalue weighted by molar-refractivity contribution is -0.148. The molecule has 0 spiro atoms. The predicted octanol–water partition coefficient (Wildman–Crippen LogP) is 6.08. The average Bonchev–Trinajstić information content (AvgIpc) is 3.82. The maximum Gasteiger partial charge on any atom is 0.416 e. The van der Waals surface area contributed by atoms with E-state index in [9.17, 15) is 22.8 Å². The Hall–Kier alpha value is -3.27. The van der Waals surface area contributed by atoms with Gasteiger partial charge in [0.1, 0.15) is 5.75 Å². The van der Waals surface area contributed by atoms with Gasteiger partial charge in [-0.15, -0.1) is 0 Å². The number of methoxy groups -OCH3 is 1. The SMILES string of the molecule is CCOC(=O)C1CCN(c2cc(C(F)(F)F)ccc2C2CCN(C(=O)[C@@H]3CN(C4CC4)C[C@H]3c3ccc(OC)cc3)CC2)CC1. The fraction of sp³-hybridized carbons (Fsp3) is 0.600. The van der Waals surface area contributed by atoms with Crippen LogP contribution in [0.25, 0.3) is 0 Å². The Labute approximate surface area is 263 Å². The number of esters is 1. The molecule has 7 nitrogen and oxygen atoms in total. The van der Waals surface area contributed by atoms with Gasteiger partial charge in [0, 0.05) is 56.9 Å². The summed E-state index contributed by atoms with van der Waals surface area (Å²) < 4.78 is 51.9. The van der Waals surface area contributed by atoms with Crippen LogP contribution in [0.2, 0.25) is 0 Å². The van der Waals surface area contributed by atoms with Crippen LogP contribution < -0.4 is 9.64 Å². The van der Waals surface area contributed by atoms with Gasteiger partial charge in [-0.05, 0) is 86.8 Å². The standard InChI is InChI=1S/C35H44F3N3O4/c1-3-45-34(43)25-14-16-39(17-15-25)32-20-26(35(36,37)38)6-11-29(32)24-12-18-40(19-13-24)33(42)31-22-41(27-7-8-27)21-30(31)23-4-9-28(44-2)10-5-23/h4-6,9-11,20,24-25,27,30-31H,3,7-8,12-19,21-22H2,1-2H3/t30-,31+/m0/s1. The summed E-state index contributed by atoms with van der Waals surface area (Å²) in [7, 11) is 1.65. The van der Waals surface area contributed by atoms with Gasteiger partial charge in [0.25, 0.3) is 0 Å². The number of ether oxygens (including phenoxy) is 2. The Morgan fingerprint density at radius 3 is 2.18 bits per heavy atom. The van der Waals surface area contributed by atoms with Gasteiger partial charge in [0.05, 0.1) is 31.1 Å². The Morgan fingerprint density at radius 1 is 0.889 bits per heavy atom. The Bertz CT molecular complexity index is 1350. The Kier molecular flexibility index (Phi) is 9.32. The highest BCUT2D eigenvalue weighted by Gasteiger charge is 2.45. The molecule has 3 saturated heterocycles. The zero-order valence-electron chi connectivity index (χ0n) is 26.2. The van der Waals surface area contributed by atoms with E-state index >= 15 is 0 Å². The molecule has 6 rings (SSSR count). The summed E-state index contributed by atoms with van der Waals surface area (Å²) >= 11 is 0. The fourth-order valence-corrected chi connectivity index (χ4v) is 7.61. The molecular weight excluding hydrogens is 583 g/mol. The minimum absolute atomic E-state index is 0.0537. The van der Waals surface area contributed by atoms with Crippen LogP contribution in [0.5, 0.6) is 5.75 Å². The molecular formula is C35H44F3N3O4. The lowest BCUT2D eigenvalue weighted by Crippen LogP contribution is -2.43. The molecule has 3 aliphatic heterocycles. The zero-order chi connectivity index (χ0) is 31.7. The molecule has 1 aliphatic carbocycles.